The number of morpholine rings is 1. The normalized spacial score (nSPS) is 13.6. The predicted molar refractivity (Wildman–Crippen MR) is 136 cm³/mol. The summed E-state index contributed by atoms with van der Waals surface area (Å²) < 4.78 is 5.49. The molecule has 2 amide bonds. The number of aromatic nitrogens is 3. The minimum atomic E-state index is -0.338. The summed E-state index contributed by atoms with van der Waals surface area (Å²) in [5.41, 5.74) is 4.74. The molecule has 35 heavy (non-hydrogen) atoms. The fourth-order valence-electron chi connectivity index (χ4n) is 3.96. The van der Waals surface area contributed by atoms with Crippen LogP contribution < -0.4 is 15.5 Å². The van der Waals surface area contributed by atoms with Gasteiger partial charge in [0.1, 0.15) is 5.52 Å². The van der Waals surface area contributed by atoms with E-state index in [0.29, 0.717) is 36.8 Å². The number of hydrogen-bond donors (Lipinski definition) is 3. The van der Waals surface area contributed by atoms with Gasteiger partial charge >= 0.3 is 6.03 Å². The molecule has 178 valence electrons. The number of ether oxygens (including phenoxy) is 1. The lowest BCUT2D eigenvalue weighted by molar-refractivity contribution is 0.122. The quantitative estimate of drug-likeness (QED) is 0.394. The average molecular weight is 471 g/mol. The van der Waals surface area contributed by atoms with Crippen LogP contribution in [0.25, 0.3) is 22.4 Å². The zero-order valence-electron chi connectivity index (χ0n) is 19.1. The highest BCUT2D eigenvalue weighted by molar-refractivity contribution is 5.99. The van der Waals surface area contributed by atoms with Crippen LogP contribution in [0.4, 0.5) is 22.0 Å². The van der Waals surface area contributed by atoms with Crippen molar-refractivity contribution in [1.29, 1.82) is 0 Å². The third-order valence-electron chi connectivity index (χ3n) is 5.76. The van der Waals surface area contributed by atoms with E-state index in [0.717, 1.165) is 41.1 Å². The first-order valence-electron chi connectivity index (χ1n) is 11.5. The molecule has 1 saturated heterocycles. The first-order valence-corrected chi connectivity index (χ1v) is 11.5. The van der Waals surface area contributed by atoms with Crippen LogP contribution in [0.5, 0.6) is 0 Å². The molecule has 0 atom stereocenters. The lowest BCUT2D eigenvalue weighted by atomic mass is 10.1. The number of hydrogen-bond acceptors (Lipinski definition) is 7. The second-order valence-electron chi connectivity index (χ2n) is 8.17. The third kappa shape index (κ3) is 5.37. The zero-order valence-corrected chi connectivity index (χ0v) is 19.1. The summed E-state index contributed by atoms with van der Waals surface area (Å²) in [5.74, 6) is 1.41. The number of carbonyl (C=O) groups is 1. The van der Waals surface area contributed by atoms with E-state index in [-0.39, 0.29) is 12.6 Å². The van der Waals surface area contributed by atoms with Gasteiger partial charge in [0.2, 0.25) is 0 Å². The summed E-state index contributed by atoms with van der Waals surface area (Å²) in [6.45, 7) is 2.92. The Balaban J connectivity index is 1.32. The van der Waals surface area contributed by atoms with Crippen molar-refractivity contribution in [1.82, 2.24) is 15.0 Å². The maximum absolute atomic E-state index is 12.4. The topological polar surface area (TPSA) is 112 Å². The van der Waals surface area contributed by atoms with Gasteiger partial charge in [-0.15, -0.1) is 0 Å². The largest absolute Gasteiger partial charge is 0.396 e. The van der Waals surface area contributed by atoms with Crippen LogP contribution in [0.3, 0.4) is 0 Å². The lowest BCUT2D eigenvalue weighted by Crippen LogP contribution is -2.37. The van der Waals surface area contributed by atoms with Gasteiger partial charge in [-0.05, 0) is 60.5 Å². The molecular weight excluding hydrogens is 444 g/mol. The minimum Gasteiger partial charge on any atom is -0.396 e. The number of nitrogens with one attached hydrogen (secondary N) is 2. The maximum Gasteiger partial charge on any atom is 0.323 e. The van der Waals surface area contributed by atoms with E-state index in [9.17, 15) is 4.79 Å². The Morgan fingerprint density at radius 2 is 1.63 bits per heavy atom. The summed E-state index contributed by atoms with van der Waals surface area (Å²) in [6, 6.07) is 18.3. The van der Waals surface area contributed by atoms with Gasteiger partial charge in [0, 0.05) is 42.8 Å². The highest BCUT2D eigenvalue weighted by Gasteiger charge is 2.18. The standard InChI is InChI=1S/C26H26N6O3/c33-15-11-18-3-7-20(8-4-18)28-26(34)29-21-9-5-19(6-10-21)24-30-22-2-1-12-27-23(22)25(31-24)32-13-16-35-17-14-32/h1-10,12,33H,11,13-17H2,(H2,28,29,34). The molecule has 0 spiro atoms. The molecule has 3 N–H and O–H groups in total. The van der Waals surface area contributed by atoms with Gasteiger partial charge in [-0.25, -0.2) is 14.8 Å². The fraction of sp³-hybridized carbons (Fsp3) is 0.231. The lowest BCUT2D eigenvalue weighted by Gasteiger charge is -2.28. The van der Waals surface area contributed by atoms with Crippen LogP contribution in [0.1, 0.15) is 5.56 Å². The number of aliphatic hydroxyl groups excluding tert-OH is 1. The minimum absolute atomic E-state index is 0.0962. The first kappa shape index (κ1) is 22.7. The van der Waals surface area contributed by atoms with Crippen LogP contribution in [-0.2, 0) is 11.2 Å². The molecule has 5 rings (SSSR count). The van der Waals surface area contributed by atoms with Gasteiger partial charge in [0.25, 0.3) is 0 Å². The second kappa shape index (κ2) is 10.5. The SMILES string of the molecule is O=C(Nc1ccc(CCO)cc1)Nc1ccc(-c2nc(N3CCOCC3)c3ncccc3n2)cc1. The summed E-state index contributed by atoms with van der Waals surface area (Å²) in [5, 5.41) is 14.7. The summed E-state index contributed by atoms with van der Waals surface area (Å²) >= 11 is 0. The van der Waals surface area contributed by atoms with E-state index in [1.807, 2.05) is 60.7 Å². The van der Waals surface area contributed by atoms with E-state index >= 15 is 0 Å². The van der Waals surface area contributed by atoms with Crippen molar-refractivity contribution in [3.8, 4) is 11.4 Å². The smallest absolute Gasteiger partial charge is 0.323 e. The Labute approximate surface area is 202 Å². The number of carbonyl (C=O) groups excluding carboxylic acids is 1. The number of rotatable bonds is 6. The van der Waals surface area contributed by atoms with Gasteiger partial charge in [0.15, 0.2) is 11.6 Å². The van der Waals surface area contributed by atoms with Crippen molar-refractivity contribution in [2.75, 3.05) is 48.4 Å². The molecule has 0 bridgehead atoms. The Morgan fingerprint density at radius 1 is 0.943 bits per heavy atom. The number of aliphatic hydroxyl groups is 1. The van der Waals surface area contributed by atoms with Crippen LogP contribution in [0.15, 0.2) is 66.9 Å². The molecule has 0 saturated carbocycles. The molecule has 0 unspecified atom stereocenters. The Hall–Kier alpha value is -4.08. The molecule has 2 aromatic carbocycles. The fourth-order valence-corrected chi connectivity index (χ4v) is 3.96. The number of urea groups is 1. The number of fused-ring (bicyclic) bond motifs is 1. The average Bonchev–Trinajstić information content (AvgIpc) is 2.90. The highest BCUT2D eigenvalue weighted by atomic mass is 16.5. The number of pyridine rings is 1. The van der Waals surface area contributed by atoms with E-state index in [4.69, 9.17) is 19.8 Å². The molecule has 4 aromatic rings. The van der Waals surface area contributed by atoms with Gasteiger partial charge in [-0.2, -0.15) is 0 Å². The van der Waals surface area contributed by atoms with Crippen molar-refractivity contribution in [2.24, 2.45) is 0 Å². The van der Waals surface area contributed by atoms with Crippen LogP contribution >= 0.6 is 0 Å². The summed E-state index contributed by atoms with van der Waals surface area (Å²) in [4.78, 5) is 28.7. The van der Waals surface area contributed by atoms with Crippen molar-refractivity contribution < 1.29 is 14.6 Å². The molecule has 1 aliphatic rings. The summed E-state index contributed by atoms with van der Waals surface area (Å²) in [7, 11) is 0. The molecule has 1 fully saturated rings. The zero-order chi connectivity index (χ0) is 24.0. The number of amides is 2. The van der Waals surface area contributed by atoms with Crippen LogP contribution in [0.2, 0.25) is 0 Å². The van der Waals surface area contributed by atoms with Gasteiger partial charge < -0.3 is 25.4 Å². The van der Waals surface area contributed by atoms with Crippen LogP contribution in [0, 0.1) is 0 Å². The number of nitrogens with zero attached hydrogens (tertiary/aromatic N) is 4. The van der Waals surface area contributed by atoms with E-state index in [2.05, 4.69) is 20.5 Å². The first-order chi connectivity index (χ1) is 17.2. The Morgan fingerprint density at radius 3 is 2.31 bits per heavy atom. The third-order valence-corrected chi connectivity index (χ3v) is 5.76. The second-order valence-corrected chi connectivity index (χ2v) is 8.17. The molecule has 3 heterocycles. The molecule has 0 aliphatic carbocycles. The Kier molecular flexibility index (Phi) is 6.78. The van der Waals surface area contributed by atoms with Crippen LogP contribution in [-0.4, -0.2) is 59.0 Å². The molecule has 1 aliphatic heterocycles. The molecule has 9 nitrogen and oxygen atoms in total. The van der Waals surface area contributed by atoms with Gasteiger partial charge in [0.05, 0.1) is 18.7 Å². The van der Waals surface area contributed by atoms with E-state index in [1.54, 1.807) is 6.20 Å². The van der Waals surface area contributed by atoms with E-state index < -0.39 is 0 Å². The number of benzene rings is 2. The molecule has 9 heteroatoms. The maximum atomic E-state index is 12.4. The van der Waals surface area contributed by atoms with Gasteiger partial charge in [-0.1, -0.05) is 12.1 Å². The van der Waals surface area contributed by atoms with Crippen molar-refractivity contribution in [3.05, 3.63) is 72.4 Å². The molecule has 0 radical (unpaired) electrons. The predicted octanol–water partition coefficient (Wildman–Crippen LogP) is 3.71. The highest BCUT2D eigenvalue weighted by Crippen LogP contribution is 2.27. The van der Waals surface area contributed by atoms with E-state index in [1.165, 1.54) is 0 Å². The Bertz CT molecular complexity index is 1310. The molecular formula is C26H26N6O3. The van der Waals surface area contributed by atoms with Crippen molar-refractivity contribution >= 4 is 34.3 Å². The van der Waals surface area contributed by atoms with Crippen molar-refractivity contribution in [3.63, 3.8) is 0 Å². The van der Waals surface area contributed by atoms with Crippen molar-refractivity contribution in [2.45, 2.75) is 6.42 Å². The molecule has 2 aromatic heterocycles. The number of anilines is 3. The summed E-state index contributed by atoms with van der Waals surface area (Å²) in [6.07, 6.45) is 2.34. The van der Waals surface area contributed by atoms with Gasteiger partial charge in [-0.3, -0.25) is 4.98 Å². The monoisotopic (exact) mass is 470 g/mol.